The number of nitrogens with zero attached hydrogens (tertiary/aromatic N) is 2. The van der Waals surface area contributed by atoms with E-state index in [4.69, 9.17) is 4.74 Å². The lowest BCUT2D eigenvalue weighted by molar-refractivity contribution is -0.149. The quantitative estimate of drug-likeness (QED) is 0.784. The molecule has 0 bridgehead atoms. The summed E-state index contributed by atoms with van der Waals surface area (Å²) in [6, 6.07) is 6.76. The Morgan fingerprint density at radius 3 is 2.64 bits per heavy atom. The minimum Gasteiger partial charge on any atom is -0.469 e. The number of ether oxygens (including phenoxy) is 1. The second-order valence-corrected chi connectivity index (χ2v) is 6.86. The first-order valence-corrected chi connectivity index (χ1v) is 8.93. The molecule has 1 atom stereocenters. The van der Waals surface area contributed by atoms with Gasteiger partial charge in [0.1, 0.15) is 5.82 Å². The summed E-state index contributed by atoms with van der Waals surface area (Å²) in [7, 11) is 1.40. The Balaban J connectivity index is 1.56. The van der Waals surface area contributed by atoms with Gasteiger partial charge in [-0.15, -0.1) is 0 Å². The fraction of sp³-hybridized carbons (Fsp3) is 0.579. The van der Waals surface area contributed by atoms with Crippen LogP contribution in [0.4, 0.5) is 4.39 Å². The molecule has 0 radical (unpaired) electrons. The van der Waals surface area contributed by atoms with Gasteiger partial charge in [-0.3, -0.25) is 14.5 Å². The van der Waals surface area contributed by atoms with Crippen LogP contribution in [0.5, 0.6) is 0 Å². The summed E-state index contributed by atoms with van der Waals surface area (Å²) >= 11 is 0. The van der Waals surface area contributed by atoms with E-state index in [0.29, 0.717) is 32.5 Å². The molecule has 0 unspecified atom stereocenters. The van der Waals surface area contributed by atoms with Crippen molar-refractivity contribution in [3.63, 3.8) is 0 Å². The van der Waals surface area contributed by atoms with Crippen LogP contribution in [0.1, 0.15) is 37.3 Å². The molecular formula is C19H25FN2O3. The van der Waals surface area contributed by atoms with Gasteiger partial charge in [0.25, 0.3) is 0 Å². The number of halogens is 1. The summed E-state index contributed by atoms with van der Waals surface area (Å²) in [5.41, 5.74) is 0.940. The van der Waals surface area contributed by atoms with E-state index in [1.54, 1.807) is 12.1 Å². The second-order valence-electron chi connectivity index (χ2n) is 6.86. The smallest absolute Gasteiger partial charge is 0.308 e. The number of likely N-dealkylation sites (tertiary alicyclic amines) is 2. The maximum Gasteiger partial charge on any atom is 0.308 e. The van der Waals surface area contributed by atoms with Crippen LogP contribution in [0, 0.1) is 11.7 Å². The van der Waals surface area contributed by atoms with Gasteiger partial charge in [0.15, 0.2) is 0 Å². The van der Waals surface area contributed by atoms with Crippen LogP contribution in [0.2, 0.25) is 0 Å². The van der Waals surface area contributed by atoms with Crippen LogP contribution >= 0.6 is 0 Å². The Kier molecular flexibility index (Phi) is 5.68. The zero-order chi connectivity index (χ0) is 17.8. The second kappa shape index (κ2) is 7.95. The summed E-state index contributed by atoms with van der Waals surface area (Å²) in [6.45, 7) is 2.39. The molecule has 2 aliphatic rings. The number of carbonyl (C=O) groups is 2. The number of esters is 1. The van der Waals surface area contributed by atoms with Gasteiger partial charge in [0.2, 0.25) is 5.91 Å². The number of amides is 1. The van der Waals surface area contributed by atoms with Crippen molar-refractivity contribution in [1.82, 2.24) is 9.80 Å². The number of carbonyl (C=O) groups excluding carboxylic acids is 2. The molecule has 1 aromatic carbocycles. The maximum absolute atomic E-state index is 13.5. The molecule has 1 amide bonds. The number of hydrogen-bond acceptors (Lipinski definition) is 4. The van der Waals surface area contributed by atoms with Crippen molar-refractivity contribution in [2.45, 2.75) is 31.7 Å². The third-order valence-corrected chi connectivity index (χ3v) is 5.32. The van der Waals surface area contributed by atoms with Gasteiger partial charge >= 0.3 is 5.97 Å². The van der Waals surface area contributed by atoms with Crippen LogP contribution < -0.4 is 0 Å². The molecule has 6 heteroatoms. The van der Waals surface area contributed by atoms with Crippen LogP contribution in [0.25, 0.3) is 0 Å². The van der Waals surface area contributed by atoms with Crippen LogP contribution in [-0.4, -0.2) is 55.0 Å². The largest absolute Gasteiger partial charge is 0.469 e. The van der Waals surface area contributed by atoms with Crippen molar-refractivity contribution in [2.24, 2.45) is 5.92 Å². The standard InChI is InChI=1S/C19H25FN2O3/c1-25-19(24)14-7-10-21(11-8-14)18(23)13-22-9-3-6-17(22)15-4-2-5-16(20)12-15/h2,4-5,12,14,17H,3,6-11,13H2,1H3/t17-/m0/s1. The van der Waals surface area contributed by atoms with Crippen molar-refractivity contribution < 1.29 is 18.7 Å². The summed E-state index contributed by atoms with van der Waals surface area (Å²) in [6.07, 6.45) is 3.28. The monoisotopic (exact) mass is 348 g/mol. The molecule has 0 N–H and O–H groups in total. The summed E-state index contributed by atoms with van der Waals surface area (Å²) in [4.78, 5) is 28.2. The minimum absolute atomic E-state index is 0.0895. The number of piperidine rings is 1. The van der Waals surface area contributed by atoms with E-state index in [9.17, 15) is 14.0 Å². The molecule has 3 rings (SSSR count). The van der Waals surface area contributed by atoms with Crippen LogP contribution in [-0.2, 0) is 14.3 Å². The Morgan fingerprint density at radius 1 is 1.20 bits per heavy atom. The SMILES string of the molecule is COC(=O)C1CCN(C(=O)CN2CCC[C@H]2c2cccc(F)c2)CC1. The van der Waals surface area contributed by atoms with E-state index in [0.717, 1.165) is 24.9 Å². The molecule has 136 valence electrons. The number of methoxy groups -OCH3 is 1. The number of rotatable bonds is 4. The predicted octanol–water partition coefficient (Wildman–Crippen LogP) is 2.37. The molecule has 25 heavy (non-hydrogen) atoms. The molecule has 2 aliphatic heterocycles. The average molecular weight is 348 g/mol. The lowest BCUT2D eigenvalue weighted by Crippen LogP contribution is -2.45. The molecule has 0 spiro atoms. The fourth-order valence-corrected chi connectivity index (χ4v) is 3.91. The highest BCUT2D eigenvalue weighted by Crippen LogP contribution is 2.32. The fourth-order valence-electron chi connectivity index (χ4n) is 3.91. The Morgan fingerprint density at radius 2 is 1.96 bits per heavy atom. The summed E-state index contributed by atoms with van der Waals surface area (Å²) < 4.78 is 18.3. The number of benzene rings is 1. The summed E-state index contributed by atoms with van der Waals surface area (Å²) in [5.74, 6) is -0.425. The highest BCUT2D eigenvalue weighted by Gasteiger charge is 2.32. The van der Waals surface area contributed by atoms with Crippen molar-refractivity contribution in [3.05, 3.63) is 35.6 Å². The van der Waals surface area contributed by atoms with E-state index < -0.39 is 0 Å². The zero-order valence-electron chi connectivity index (χ0n) is 14.6. The molecule has 2 fully saturated rings. The van der Waals surface area contributed by atoms with E-state index in [-0.39, 0.29) is 29.7 Å². The Bertz CT molecular complexity index is 629. The van der Waals surface area contributed by atoms with Crippen molar-refractivity contribution in [3.8, 4) is 0 Å². The third-order valence-electron chi connectivity index (χ3n) is 5.32. The van der Waals surface area contributed by atoms with Crippen LogP contribution in [0.3, 0.4) is 0 Å². The van der Waals surface area contributed by atoms with Gasteiger partial charge in [-0.1, -0.05) is 12.1 Å². The van der Waals surface area contributed by atoms with E-state index in [1.807, 2.05) is 11.0 Å². The first-order valence-electron chi connectivity index (χ1n) is 8.93. The van der Waals surface area contributed by atoms with Crippen molar-refractivity contribution in [1.29, 1.82) is 0 Å². The van der Waals surface area contributed by atoms with Gasteiger partial charge in [-0.05, 0) is 49.9 Å². The third kappa shape index (κ3) is 4.18. The van der Waals surface area contributed by atoms with E-state index in [1.165, 1.54) is 13.2 Å². The topological polar surface area (TPSA) is 49.9 Å². The van der Waals surface area contributed by atoms with Gasteiger partial charge < -0.3 is 9.64 Å². The van der Waals surface area contributed by atoms with E-state index >= 15 is 0 Å². The van der Waals surface area contributed by atoms with Crippen molar-refractivity contribution >= 4 is 11.9 Å². The zero-order valence-corrected chi connectivity index (χ0v) is 14.6. The maximum atomic E-state index is 13.5. The lowest BCUT2D eigenvalue weighted by atomic mass is 9.97. The molecular weight excluding hydrogens is 323 g/mol. The van der Waals surface area contributed by atoms with Gasteiger partial charge in [0.05, 0.1) is 19.6 Å². The molecule has 2 saturated heterocycles. The first-order chi connectivity index (χ1) is 12.1. The normalized spacial score (nSPS) is 22.2. The first kappa shape index (κ1) is 17.9. The van der Waals surface area contributed by atoms with Crippen LogP contribution in [0.15, 0.2) is 24.3 Å². The molecule has 0 saturated carbocycles. The Labute approximate surface area is 147 Å². The van der Waals surface area contributed by atoms with Gasteiger partial charge in [-0.25, -0.2) is 4.39 Å². The molecule has 5 nitrogen and oxygen atoms in total. The van der Waals surface area contributed by atoms with E-state index in [2.05, 4.69) is 4.90 Å². The highest BCUT2D eigenvalue weighted by molar-refractivity contribution is 5.79. The molecule has 0 aromatic heterocycles. The molecule has 0 aliphatic carbocycles. The highest BCUT2D eigenvalue weighted by atomic mass is 19.1. The van der Waals surface area contributed by atoms with Crippen molar-refractivity contribution in [2.75, 3.05) is 33.3 Å². The predicted molar refractivity (Wildman–Crippen MR) is 91.3 cm³/mol. The average Bonchev–Trinajstić information content (AvgIpc) is 3.09. The Hall–Kier alpha value is -1.95. The van der Waals surface area contributed by atoms with Gasteiger partial charge in [0, 0.05) is 19.1 Å². The van der Waals surface area contributed by atoms with Gasteiger partial charge in [-0.2, -0.15) is 0 Å². The minimum atomic E-state index is -0.236. The number of hydrogen-bond donors (Lipinski definition) is 0. The summed E-state index contributed by atoms with van der Waals surface area (Å²) in [5, 5.41) is 0. The lowest BCUT2D eigenvalue weighted by Gasteiger charge is -2.33. The molecule has 1 aromatic rings. The molecule has 2 heterocycles.